The molecule has 0 radical (unpaired) electrons. The number of nitriles is 1. The van der Waals surface area contributed by atoms with Gasteiger partial charge in [0.25, 0.3) is 0 Å². The first-order valence-electron chi connectivity index (χ1n) is 5.57. The third-order valence-electron chi connectivity index (χ3n) is 3.26. The van der Waals surface area contributed by atoms with Crippen LogP contribution in [0.25, 0.3) is 0 Å². The van der Waals surface area contributed by atoms with E-state index in [1.165, 1.54) is 11.1 Å². The highest BCUT2D eigenvalue weighted by molar-refractivity contribution is 5.30. The van der Waals surface area contributed by atoms with Crippen molar-refractivity contribution in [2.24, 2.45) is 0 Å². The summed E-state index contributed by atoms with van der Waals surface area (Å²) in [4.78, 5) is 2.16. The quantitative estimate of drug-likeness (QED) is 0.669. The smallest absolute Gasteiger partial charge is 0.102 e. The van der Waals surface area contributed by atoms with Gasteiger partial charge in [0, 0.05) is 0 Å². The van der Waals surface area contributed by atoms with Crippen LogP contribution in [0.15, 0.2) is 42.0 Å². The molecule has 0 N–H and O–H groups in total. The van der Waals surface area contributed by atoms with Crippen LogP contribution in [0.3, 0.4) is 0 Å². The summed E-state index contributed by atoms with van der Waals surface area (Å²) in [6.45, 7) is 2.14. The van der Waals surface area contributed by atoms with Crippen LogP contribution in [0.4, 0.5) is 0 Å². The lowest BCUT2D eigenvalue weighted by Gasteiger charge is -2.36. The highest BCUT2D eigenvalue weighted by Crippen LogP contribution is 2.33. The molecule has 0 amide bonds. The van der Waals surface area contributed by atoms with Crippen molar-refractivity contribution in [1.29, 1.82) is 5.26 Å². The fraction of sp³-hybridized carbons (Fsp3) is 0.357. The average molecular weight is 212 g/mol. The molecule has 2 nitrogen and oxygen atoms in total. The molecular weight excluding hydrogens is 196 g/mol. The van der Waals surface area contributed by atoms with Crippen molar-refractivity contribution in [3.05, 3.63) is 47.5 Å². The van der Waals surface area contributed by atoms with E-state index in [1.54, 1.807) is 0 Å². The first kappa shape index (κ1) is 10.9. The Morgan fingerprint density at radius 1 is 1.31 bits per heavy atom. The van der Waals surface area contributed by atoms with Crippen LogP contribution >= 0.6 is 0 Å². The number of hydrogen-bond donors (Lipinski definition) is 0. The minimum Gasteiger partial charge on any atom is -0.280 e. The van der Waals surface area contributed by atoms with Gasteiger partial charge < -0.3 is 0 Å². The van der Waals surface area contributed by atoms with Crippen LogP contribution in [0.5, 0.6) is 0 Å². The minimum absolute atomic E-state index is 0.00564. The Kier molecular flexibility index (Phi) is 3.07. The van der Waals surface area contributed by atoms with Crippen LogP contribution in [-0.4, -0.2) is 18.0 Å². The molecule has 82 valence electrons. The largest absolute Gasteiger partial charge is 0.280 e. The van der Waals surface area contributed by atoms with Gasteiger partial charge in [-0.25, -0.2) is 0 Å². The standard InChI is InChI=1S/C14H16N2/c1-11-8-9-13(10-15)16(2)14(11)12-6-4-3-5-7-12/h3-8,13-14H,9H2,1-2H3/t13-,14+/m1/s1. The molecule has 0 spiro atoms. The second-order valence-electron chi connectivity index (χ2n) is 4.31. The van der Waals surface area contributed by atoms with Crippen LogP contribution < -0.4 is 0 Å². The van der Waals surface area contributed by atoms with Crippen molar-refractivity contribution in [3.8, 4) is 6.07 Å². The van der Waals surface area contributed by atoms with Gasteiger partial charge in [-0.1, -0.05) is 42.0 Å². The van der Waals surface area contributed by atoms with Crippen LogP contribution in [0, 0.1) is 11.3 Å². The average Bonchev–Trinajstić information content (AvgIpc) is 2.31. The zero-order valence-electron chi connectivity index (χ0n) is 9.72. The van der Waals surface area contributed by atoms with Gasteiger partial charge in [-0.15, -0.1) is 0 Å². The van der Waals surface area contributed by atoms with E-state index in [-0.39, 0.29) is 12.1 Å². The molecule has 1 aromatic carbocycles. The number of benzene rings is 1. The molecular formula is C14H16N2. The van der Waals surface area contributed by atoms with Crippen molar-refractivity contribution in [2.45, 2.75) is 25.4 Å². The molecule has 0 aromatic heterocycles. The third kappa shape index (κ3) is 1.87. The highest BCUT2D eigenvalue weighted by atomic mass is 15.2. The molecule has 0 saturated heterocycles. The SMILES string of the molecule is CC1=CC[C@H](C#N)N(C)[C@@H]1c1ccccc1. The predicted molar refractivity (Wildman–Crippen MR) is 64.7 cm³/mol. The second-order valence-corrected chi connectivity index (χ2v) is 4.31. The van der Waals surface area contributed by atoms with Crippen LogP contribution in [0.2, 0.25) is 0 Å². The van der Waals surface area contributed by atoms with Crippen molar-refractivity contribution in [2.75, 3.05) is 7.05 Å². The molecule has 1 aliphatic rings. The van der Waals surface area contributed by atoms with E-state index < -0.39 is 0 Å². The molecule has 2 rings (SSSR count). The van der Waals surface area contributed by atoms with Gasteiger partial charge in [-0.2, -0.15) is 5.26 Å². The van der Waals surface area contributed by atoms with E-state index in [2.05, 4.69) is 36.1 Å². The molecule has 2 atom stereocenters. The van der Waals surface area contributed by atoms with Gasteiger partial charge in [0.2, 0.25) is 0 Å². The van der Waals surface area contributed by atoms with Crippen molar-refractivity contribution in [1.82, 2.24) is 4.90 Å². The van der Waals surface area contributed by atoms with E-state index in [4.69, 9.17) is 5.26 Å². The molecule has 1 aliphatic heterocycles. The van der Waals surface area contributed by atoms with Gasteiger partial charge in [0.05, 0.1) is 12.1 Å². The Morgan fingerprint density at radius 3 is 2.62 bits per heavy atom. The lowest BCUT2D eigenvalue weighted by Crippen LogP contribution is -2.37. The molecule has 0 bridgehead atoms. The van der Waals surface area contributed by atoms with Crippen LogP contribution in [-0.2, 0) is 0 Å². The molecule has 0 fully saturated rings. The maximum Gasteiger partial charge on any atom is 0.102 e. The zero-order valence-corrected chi connectivity index (χ0v) is 9.72. The summed E-state index contributed by atoms with van der Waals surface area (Å²) in [6, 6.07) is 13.0. The molecule has 1 aromatic rings. The summed E-state index contributed by atoms with van der Waals surface area (Å²) < 4.78 is 0. The molecule has 0 unspecified atom stereocenters. The molecule has 0 saturated carbocycles. The lowest BCUT2D eigenvalue weighted by atomic mass is 9.91. The van der Waals surface area contributed by atoms with Crippen molar-refractivity contribution in [3.63, 3.8) is 0 Å². The number of rotatable bonds is 1. The highest BCUT2D eigenvalue weighted by Gasteiger charge is 2.28. The van der Waals surface area contributed by atoms with E-state index >= 15 is 0 Å². The monoisotopic (exact) mass is 212 g/mol. The summed E-state index contributed by atoms with van der Waals surface area (Å²) in [5.41, 5.74) is 2.60. The van der Waals surface area contributed by atoms with E-state index in [0.717, 1.165) is 6.42 Å². The Morgan fingerprint density at radius 2 is 2.00 bits per heavy atom. The topological polar surface area (TPSA) is 27.0 Å². The summed E-state index contributed by atoms with van der Waals surface area (Å²) in [5, 5.41) is 9.09. The van der Waals surface area contributed by atoms with E-state index in [0.29, 0.717) is 0 Å². The Labute approximate surface area is 96.8 Å². The fourth-order valence-electron chi connectivity index (χ4n) is 2.35. The van der Waals surface area contributed by atoms with Gasteiger partial charge in [0.1, 0.15) is 6.04 Å². The van der Waals surface area contributed by atoms with Gasteiger partial charge in [0.15, 0.2) is 0 Å². The van der Waals surface area contributed by atoms with Crippen molar-refractivity contribution >= 4 is 0 Å². The summed E-state index contributed by atoms with van der Waals surface area (Å²) in [6.07, 6.45) is 3.02. The maximum absolute atomic E-state index is 9.09. The normalized spacial score (nSPS) is 25.9. The first-order valence-corrected chi connectivity index (χ1v) is 5.57. The lowest BCUT2D eigenvalue weighted by molar-refractivity contribution is 0.221. The summed E-state index contributed by atoms with van der Waals surface area (Å²) in [7, 11) is 2.03. The van der Waals surface area contributed by atoms with Gasteiger partial charge in [-0.05, 0) is 26.0 Å². The number of likely N-dealkylation sites (N-methyl/N-ethyl adjacent to an activating group) is 1. The zero-order chi connectivity index (χ0) is 11.5. The minimum atomic E-state index is -0.00564. The van der Waals surface area contributed by atoms with Gasteiger partial charge in [-0.3, -0.25) is 4.90 Å². The predicted octanol–water partition coefficient (Wildman–Crippen LogP) is 2.90. The Bertz CT molecular complexity index is 428. The van der Waals surface area contributed by atoms with E-state index in [9.17, 15) is 0 Å². The number of hydrogen-bond acceptors (Lipinski definition) is 2. The Balaban J connectivity index is 2.36. The fourth-order valence-corrected chi connectivity index (χ4v) is 2.35. The molecule has 2 heteroatoms. The maximum atomic E-state index is 9.09. The van der Waals surface area contributed by atoms with Crippen molar-refractivity contribution < 1.29 is 0 Å². The summed E-state index contributed by atoms with van der Waals surface area (Å²) >= 11 is 0. The molecule has 16 heavy (non-hydrogen) atoms. The van der Waals surface area contributed by atoms with Crippen LogP contribution in [0.1, 0.15) is 24.9 Å². The van der Waals surface area contributed by atoms with E-state index in [1.807, 2.05) is 25.2 Å². The van der Waals surface area contributed by atoms with Gasteiger partial charge >= 0.3 is 0 Å². The molecule has 1 heterocycles. The first-order chi connectivity index (χ1) is 7.74. The Hall–Kier alpha value is -1.59. The summed E-state index contributed by atoms with van der Waals surface area (Å²) in [5.74, 6) is 0. The number of nitrogens with zero attached hydrogens (tertiary/aromatic N) is 2. The third-order valence-corrected chi connectivity index (χ3v) is 3.26. The molecule has 0 aliphatic carbocycles. The second kappa shape index (κ2) is 4.51.